The number of hydrogen-bond acceptors (Lipinski definition) is 3. The van der Waals surface area contributed by atoms with Gasteiger partial charge in [-0.05, 0) is 18.4 Å². The molecule has 1 aromatic heterocycles. The summed E-state index contributed by atoms with van der Waals surface area (Å²) >= 11 is 13.8. The summed E-state index contributed by atoms with van der Waals surface area (Å²) in [7, 11) is 0. The number of halogens is 1. The van der Waals surface area contributed by atoms with E-state index < -0.39 is 0 Å². The molecule has 0 aliphatic rings. The predicted octanol–water partition coefficient (Wildman–Crippen LogP) is 4.57. The van der Waals surface area contributed by atoms with Gasteiger partial charge in [-0.15, -0.1) is 35.7 Å². The van der Waals surface area contributed by atoms with Gasteiger partial charge >= 0.3 is 0 Å². The van der Waals surface area contributed by atoms with Crippen molar-refractivity contribution in [1.29, 1.82) is 0 Å². The Hall–Kier alpha value is 0.170. The van der Waals surface area contributed by atoms with Crippen molar-refractivity contribution in [3.8, 4) is 0 Å². The zero-order valence-electron chi connectivity index (χ0n) is 6.87. The molecule has 0 nitrogen and oxygen atoms in total. The molecular formula is C9H7ClS3. The van der Waals surface area contributed by atoms with Crippen LogP contribution in [0, 0.1) is 0 Å². The topological polar surface area (TPSA) is 0 Å². The minimum Gasteiger partial charge on any atom is -0.142 e. The molecule has 68 valence electrons. The summed E-state index contributed by atoms with van der Waals surface area (Å²) in [6.45, 7) is 0. The highest BCUT2D eigenvalue weighted by Gasteiger charge is 2.05. The lowest BCUT2D eigenvalue weighted by Crippen LogP contribution is -1.73. The lowest BCUT2D eigenvalue weighted by atomic mass is 10.3. The van der Waals surface area contributed by atoms with Gasteiger partial charge in [-0.25, -0.2) is 0 Å². The summed E-state index contributed by atoms with van der Waals surface area (Å²) in [5.74, 6) is 0. The summed E-state index contributed by atoms with van der Waals surface area (Å²) in [4.78, 5) is 2.20. The van der Waals surface area contributed by atoms with Crippen molar-refractivity contribution < 1.29 is 0 Å². The van der Waals surface area contributed by atoms with Crippen molar-refractivity contribution in [2.45, 2.75) is 9.79 Å². The van der Waals surface area contributed by atoms with Gasteiger partial charge in [-0.3, -0.25) is 0 Å². The van der Waals surface area contributed by atoms with Crippen molar-refractivity contribution in [3.05, 3.63) is 22.5 Å². The Labute approximate surface area is 95.7 Å². The first-order valence-electron chi connectivity index (χ1n) is 3.66. The van der Waals surface area contributed by atoms with Gasteiger partial charge in [0.05, 0.1) is 5.02 Å². The van der Waals surface area contributed by atoms with Crippen LogP contribution in [0.3, 0.4) is 0 Å². The fraction of sp³-hybridized carbons (Fsp3) is 0.111. The van der Waals surface area contributed by atoms with Crippen molar-refractivity contribution in [2.75, 3.05) is 6.26 Å². The Morgan fingerprint density at radius 2 is 2.23 bits per heavy atom. The van der Waals surface area contributed by atoms with Crippen LogP contribution in [0.1, 0.15) is 0 Å². The van der Waals surface area contributed by atoms with Crippen LogP contribution in [0.2, 0.25) is 5.02 Å². The third-order valence-corrected chi connectivity index (χ3v) is 4.51. The van der Waals surface area contributed by atoms with Crippen molar-refractivity contribution >= 4 is 57.4 Å². The number of hydrogen-bond donors (Lipinski definition) is 1. The van der Waals surface area contributed by atoms with Crippen LogP contribution in [0.4, 0.5) is 0 Å². The van der Waals surface area contributed by atoms with Crippen LogP contribution in [0.5, 0.6) is 0 Å². The van der Waals surface area contributed by atoms with Gasteiger partial charge < -0.3 is 0 Å². The molecule has 0 saturated carbocycles. The van der Waals surface area contributed by atoms with E-state index in [0.717, 1.165) is 15.3 Å². The average Bonchev–Trinajstić information content (AvgIpc) is 2.47. The van der Waals surface area contributed by atoms with Crippen LogP contribution in [0.15, 0.2) is 27.3 Å². The Morgan fingerprint density at radius 3 is 2.92 bits per heavy atom. The van der Waals surface area contributed by atoms with Gasteiger partial charge in [0.25, 0.3) is 0 Å². The van der Waals surface area contributed by atoms with E-state index in [4.69, 9.17) is 11.6 Å². The van der Waals surface area contributed by atoms with Gasteiger partial charge in [-0.1, -0.05) is 11.6 Å². The molecule has 0 unspecified atom stereocenters. The second kappa shape index (κ2) is 3.73. The van der Waals surface area contributed by atoms with E-state index in [9.17, 15) is 0 Å². The van der Waals surface area contributed by atoms with E-state index in [1.54, 1.807) is 23.1 Å². The summed E-state index contributed by atoms with van der Waals surface area (Å²) in [5, 5.41) is 3.89. The maximum atomic E-state index is 6.01. The minimum absolute atomic E-state index is 0.822. The molecule has 0 radical (unpaired) electrons. The van der Waals surface area contributed by atoms with Crippen LogP contribution in [0.25, 0.3) is 10.1 Å². The quantitative estimate of drug-likeness (QED) is 0.568. The average molecular weight is 247 g/mol. The lowest BCUT2D eigenvalue weighted by Gasteiger charge is -2.01. The molecule has 2 aromatic rings. The van der Waals surface area contributed by atoms with Crippen molar-refractivity contribution in [3.63, 3.8) is 0 Å². The van der Waals surface area contributed by atoms with Gasteiger partial charge in [0.1, 0.15) is 0 Å². The molecule has 0 bridgehead atoms. The molecule has 0 saturated heterocycles. The third-order valence-electron chi connectivity index (χ3n) is 1.83. The highest BCUT2D eigenvalue weighted by Crippen LogP contribution is 2.36. The number of thiophene rings is 1. The normalized spacial score (nSPS) is 11.0. The summed E-state index contributed by atoms with van der Waals surface area (Å²) < 4.78 is 1.23. The molecular weight excluding hydrogens is 240 g/mol. The molecule has 0 fully saturated rings. The monoisotopic (exact) mass is 246 g/mol. The molecule has 1 heterocycles. The van der Waals surface area contributed by atoms with Gasteiger partial charge in [-0.2, -0.15) is 0 Å². The van der Waals surface area contributed by atoms with Crippen molar-refractivity contribution in [2.24, 2.45) is 0 Å². The molecule has 13 heavy (non-hydrogen) atoms. The molecule has 0 amide bonds. The van der Waals surface area contributed by atoms with Crippen LogP contribution < -0.4 is 0 Å². The summed E-state index contributed by atoms with van der Waals surface area (Å²) in [5.41, 5.74) is 0. The second-order valence-electron chi connectivity index (χ2n) is 2.60. The number of thioether (sulfide) groups is 1. The molecule has 0 spiro atoms. The summed E-state index contributed by atoms with van der Waals surface area (Å²) in [6, 6.07) is 4.17. The highest BCUT2D eigenvalue weighted by molar-refractivity contribution is 7.99. The Bertz CT molecular complexity index is 447. The Kier molecular flexibility index (Phi) is 2.79. The van der Waals surface area contributed by atoms with Crippen LogP contribution in [-0.2, 0) is 0 Å². The maximum Gasteiger partial charge on any atom is 0.0592 e. The zero-order valence-corrected chi connectivity index (χ0v) is 10.2. The third kappa shape index (κ3) is 1.71. The number of thiol groups is 1. The van der Waals surface area contributed by atoms with Gasteiger partial charge in [0.2, 0.25) is 0 Å². The van der Waals surface area contributed by atoms with Gasteiger partial charge in [0.15, 0.2) is 0 Å². The van der Waals surface area contributed by atoms with E-state index in [0.29, 0.717) is 0 Å². The smallest absolute Gasteiger partial charge is 0.0592 e. The van der Waals surface area contributed by atoms with Gasteiger partial charge in [0, 0.05) is 25.3 Å². The first kappa shape index (κ1) is 9.71. The van der Waals surface area contributed by atoms with E-state index >= 15 is 0 Å². The molecule has 2 rings (SSSR count). The SMILES string of the molecule is CSc1cc2scc(Cl)c2cc1S. The fourth-order valence-corrected chi connectivity index (χ4v) is 3.41. The predicted molar refractivity (Wildman–Crippen MR) is 65.9 cm³/mol. The van der Waals surface area contributed by atoms with Crippen LogP contribution in [-0.4, -0.2) is 6.26 Å². The molecule has 0 aliphatic carbocycles. The van der Waals surface area contributed by atoms with E-state index in [1.807, 2.05) is 11.4 Å². The maximum absolute atomic E-state index is 6.01. The second-order valence-corrected chi connectivity index (χ2v) is 5.25. The molecule has 0 atom stereocenters. The first-order valence-corrected chi connectivity index (χ1v) is 6.59. The largest absolute Gasteiger partial charge is 0.142 e. The molecule has 1 aromatic carbocycles. The minimum atomic E-state index is 0.822. The summed E-state index contributed by atoms with van der Waals surface area (Å²) in [6.07, 6.45) is 2.05. The fourth-order valence-electron chi connectivity index (χ4n) is 1.18. The lowest BCUT2D eigenvalue weighted by molar-refractivity contribution is 1.30. The number of fused-ring (bicyclic) bond motifs is 1. The van der Waals surface area contributed by atoms with Crippen LogP contribution >= 0.6 is 47.3 Å². The Balaban J connectivity index is 2.76. The zero-order chi connectivity index (χ0) is 9.42. The van der Waals surface area contributed by atoms with E-state index in [1.165, 1.54) is 9.60 Å². The Morgan fingerprint density at radius 1 is 1.46 bits per heavy atom. The molecule has 0 N–H and O–H groups in total. The van der Waals surface area contributed by atoms with E-state index in [-0.39, 0.29) is 0 Å². The standard InChI is InChI=1S/C9H7ClS3/c1-12-9-3-8-5(2-7(9)11)6(10)4-13-8/h2-4,11H,1H3. The van der Waals surface area contributed by atoms with Crippen molar-refractivity contribution in [1.82, 2.24) is 0 Å². The number of benzene rings is 1. The first-order chi connectivity index (χ1) is 6.22. The highest BCUT2D eigenvalue weighted by atomic mass is 35.5. The van der Waals surface area contributed by atoms with E-state index in [2.05, 4.69) is 25.0 Å². The molecule has 4 heteroatoms. The number of rotatable bonds is 1. The molecule has 0 aliphatic heterocycles.